The van der Waals surface area contributed by atoms with Gasteiger partial charge in [0.25, 0.3) is 5.60 Å². The molecule has 208 valence electrons. The minimum absolute atomic E-state index is 0.0427. The van der Waals surface area contributed by atoms with Gasteiger partial charge < -0.3 is 14.5 Å². The van der Waals surface area contributed by atoms with Crippen LogP contribution in [-0.2, 0) is 32.2 Å². The maximum absolute atomic E-state index is 14.3. The number of benzene rings is 2. The summed E-state index contributed by atoms with van der Waals surface area (Å²) in [4.78, 5) is 18.6. The Bertz CT molecular complexity index is 1410. The molecule has 5 nitrogen and oxygen atoms in total. The third-order valence-corrected chi connectivity index (χ3v) is 8.50. The van der Waals surface area contributed by atoms with Crippen molar-refractivity contribution in [2.75, 3.05) is 13.1 Å². The second kappa shape index (κ2) is 8.23. The molecule has 1 amide bonds. The van der Waals surface area contributed by atoms with Gasteiger partial charge in [0.1, 0.15) is 11.0 Å². The Morgan fingerprint density at radius 3 is 2.18 bits per heavy atom. The van der Waals surface area contributed by atoms with Crippen LogP contribution in [0.4, 0.5) is 30.7 Å². The highest BCUT2D eigenvalue weighted by atomic mass is 35.5. The van der Waals surface area contributed by atoms with Crippen molar-refractivity contribution in [3.8, 4) is 0 Å². The Balaban J connectivity index is 1.23. The minimum atomic E-state index is -4.97. The monoisotopic (exact) mass is 596 g/mol. The first-order valence-corrected chi connectivity index (χ1v) is 12.5. The Kier molecular flexibility index (Phi) is 5.62. The lowest BCUT2D eigenvalue weighted by atomic mass is 9.82. The topological polar surface area (TPSA) is 51.1 Å². The molecule has 0 N–H and O–H groups in total. The molecule has 0 aromatic heterocycles. The van der Waals surface area contributed by atoms with Crippen molar-refractivity contribution in [2.24, 2.45) is 10.6 Å². The molecule has 2 fully saturated rings. The Morgan fingerprint density at radius 1 is 0.974 bits per heavy atom. The molecule has 3 heterocycles. The first kappa shape index (κ1) is 26.6. The van der Waals surface area contributed by atoms with E-state index in [4.69, 9.17) is 32.8 Å². The number of nitrogens with zero attached hydrogens (tertiary/aromatic N) is 2. The molecule has 4 aliphatic rings. The number of carbonyl (C=O) groups excluding carboxylic acids is 1. The van der Waals surface area contributed by atoms with E-state index >= 15 is 0 Å². The Labute approximate surface area is 226 Å². The number of fused-ring (bicyclic) bond motifs is 2. The second-order valence-corrected chi connectivity index (χ2v) is 11.1. The molecule has 0 radical (unpaired) electrons. The van der Waals surface area contributed by atoms with Gasteiger partial charge in [-0.05, 0) is 47.7 Å². The number of likely N-dealkylation sites (tertiary alicyclic amines) is 1. The number of hydrogen-bond donors (Lipinski definition) is 0. The SMILES string of the molecule is O=C(N1CC2(C1)OCc1cc(C3=NOC(c4cc(Cl)c(F)c(Cl)c4)(C(F)(F)F)C3)ccc12)C1(C(F)(F)F)CC1. The molecule has 1 saturated carbocycles. The van der Waals surface area contributed by atoms with Crippen molar-refractivity contribution in [3.63, 3.8) is 0 Å². The van der Waals surface area contributed by atoms with Crippen molar-refractivity contribution < 1.29 is 45.1 Å². The van der Waals surface area contributed by atoms with E-state index in [0.29, 0.717) is 16.7 Å². The van der Waals surface area contributed by atoms with E-state index in [1.165, 1.54) is 6.07 Å². The van der Waals surface area contributed by atoms with Crippen LogP contribution in [0.3, 0.4) is 0 Å². The van der Waals surface area contributed by atoms with Crippen molar-refractivity contribution in [2.45, 2.75) is 49.4 Å². The predicted octanol–water partition coefficient (Wildman–Crippen LogP) is 6.62. The third-order valence-electron chi connectivity index (χ3n) is 7.95. The summed E-state index contributed by atoms with van der Waals surface area (Å²) in [5.74, 6) is -2.02. The zero-order valence-electron chi connectivity index (χ0n) is 19.7. The maximum atomic E-state index is 14.3. The molecular formula is C25H17Cl2F7N2O3. The highest BCUT2D eigenvalue weighted by Gasteiger charge is 2.71. The third kappa shape index (κ3) is 3.77. The molecule has 1 unspecified atom stereocenters. The van der Waals surface area contributed by atoms with Gasteiger partial charge in [-0.15, -0.1) is 0 Å². The van der Waals surface area contributed by atoms with Gasteiger partial charge in [-0.1, -0.05) is 40.5 Å². The number of rotatable bonds is 3. The summed E-state index contributed by atoms with van der Waals surface area (Å²) in [6, 6.07) is 6.29. The number of amides is 1. The van der Waals surface area contributed by atoms with Crippen LogP contribution in [0.5, 0.6) is 0 Å². The lowest BCUT2D eigenvalue weighted by Crippen LogP contribution is -2.63. The zero-order chi connectivity index (χ0) is 28.2. The number of alkyl halides is 6. The average molecular weight is 597 g/mol. The van der Waals surface area contributed by atoms with Gasteiger partial charge in [-0.25, -0.2) is 4.39 Å². The molecule has 39 heavy (non-hydrogen) atoms. The summed E-state index contributed by atoms with van der Waals surface area (Å²) in [6.45, 7) is -0.0516. The van der Waals surface area contributed by atoms with Crippen molar-refractivity contribution in [1.29, 1.82) is 0 Å². The number of hydrogen-bond acceptors (Lipinski definition) is 4. The normalized spacial score (nSPS) is 24.7. The van der Waals surface area contributed by atoms with Gasteiger partial charge in [0.2, 0.25) is 5.91 Å². The van der Waals surface area contributed by atoms with Crippen LogP contribution < -0.4 is 0 Å². The molecule has 2 aromatic carbocycles. The van der Waals surface area contributed by atoms with Crippen LogP contribution in [0.25, 0.3) is 0 Å². The Morgan fingerprint density at radius 2 is 1.62 bits per heavy atom. The van der Waals surface area contributed by atoms with Gasteiger partial charge in [0, 0.05) is 12.0 Å². The molecule has 6 rings (SSSR count). The smallest absolute Gasteiger partial charge is 0.374 e. The van der Waals surface area contributed by atoms with Gasteiger partial charge in [0.05, 0.1) is 35.5 Å². The van der Waals surface area contributed by atoms with E-state index in [0.717, 1.165) is 17.0 Å². The predicted molar refractivity (Wildman–Crippen MR) is 124 cm³/mol. The highest BCUT2D eigenvalue weighted by molar-refractivity contribution is 6.35. The number of ether oxygens (including phenoxy) is 1. The van der Waals surface area contributed by atoms with E-state index in [2.05, 4.69) is 5.16 Å². The summed E-state index contributed by atoms with van der Waals surface area (Å²) in [7, 11) is 0. The van der Waals surface area contributed by atoms with Gasteiger partial charge in [-0.3, -0.25) is 4.79 Å². The van der Waals surface area contributed by atoms with Gasteiger partial charge >= 0.3 is 12.4 Å². The fourth-order valence-electron chi connectivity index (χ4n) is 5.50. The molecule has 1 atom stereocenters. The van der Waals surface area contributed by atoms with Crippen LogP contribution in [0.2, 0.25) is 10.0 Å². The minimum Gasteiger partial charge on any atom is -0.374 e. The maximum Gasteiger partial charge on any atom is 0.435 e. The number of halogens is 9. The van der Waals surface area contributed by atoms with Gasteiger partial charge in [-0.2, -0.15) is 26.3 Å². The Hall–Kier alpha value is -2.57. The molecule has 1 aliphatic carbocycles. The van der Waals surface area contributed by atoms with Crippen molar-refractivity contribution >= 4 is 34.8 Å². The highest BCUT2D eigenvalue weighted by Crippen LogP contribution is 2.60. The zero-order valence-corrected chi connectivity index (χ0v) is 21.2. The van der Waals surface area contributed by atoms with Crippen LogP contribution in [0.1, 0.15) is 41.5 Å². The quantitative estimate of drug-likeness (QED) is 0.295. The molecule has 1 spiro atoms. The molecular weight excluding hydrogens is 580 g/mol. The van der Waals surface area contributed by atoms with Crippen LogP contribution in [0, 0.1) is 11.2 Å². The summed E-state index contributed by atoms with van der Waals surface area (Å²) in [5.41, 5.74) is -5.24. The fraction of sp³-hybridized carbons (Fsp3) is 0.440. The standard InChI is InChI=1S/C25H17Cl2F7N2O3/c26-16-6-14(7-17(27)19(16)28)23(25(32,33)34)8-18(35-39-23)12-1-2-15-13(5-12)9-38-22(15)10-36(11-22)20(37)21(3-4-21)24(29,30)31/h1-2,5-7H,3-4,8-11H2. The lowest BCUT2D eigenvalue weighted by molar-refractivity contribution is -0.275. The second-order valence-electron chi connectivity index (χ2n) is 10.3. The molecule has 14 heteroatoms. The number of carbonyl (C=O) groups is 1. The van der Waals surface area contributed by atoms with Crippen LogP contribution in [0.15, 0.2) is 35.5 Å². The van der Waals surface area contributed by atoms with Crippen molar-refractivity contribution in [1.82, 2.24) is 4.90 Å². The molecule has 3 aliphatic heterocycles. The molecule has 1 saturated heterocycles. The van der Waals surface area contributed by atoms with E-state index < -0.39 is 62.7 Å². The first-order valence-electron chi connectivity index (χ1n) is 11.7. The van der Waals surface area contributed by atoms with E-state index in [1.807, 2.05) is 0 Å². The van der Waals surface area contributed by atoms with Crippen LogP contribution >= 0.6 is 23.2 Å². The van der Waals surface area contributed by atoms with Crippen LogP contribution in [-0.4, -0.2) is 42.0 Å². The fourth-order valence-corrected chi connectivity index (χ4v) is 5.99. The molecule has 2 aromatic rings. The largest absolute Gasteiger partial charge is 0.435 e. The lowest BCUT2D eigenvalue weighted by Gasteiger charge is -2.48. The van der Waals surface area contributed by atoms with Gasteiger partial charge in [0.15, 0.2) is 5.82 Å². The summed E-state index contributed by atoms with van der Waals surface area (Å²) in [5, 5.41) is 2.48. The van der Waals surface area contributed by atoms with E-state index in [1.54, 1.807) is 12.1 Å². The van der Waals surface area contributed by atoms with E-state index in [9.17, 15) is 35.5 Å². The van der Waals surface area contributed by atoms with E-state index in [-0.39, 0.29) is 38.2 Å². The number of oxime groups is 1. The average Bonchev–Trinajstić information content (AvgIpc) is 3.38. The van der Waals surface area contributed by atoms with Crippen molar-refractivity contribution in [3.05, 3.63) is 68.4 Å². The molecule has 0 bridgehead atoms. The summed E-state index contributed by atoms with van der Waals surface area (Å²) >= 11 is 11.5. The summed E-state index contributed by atoms with van der Waals surface area (Å²) < 4.78 is 103. The summed E-state index contributed by atoms with van der Waals surface area (Å²) in [6.07, 6.45) is -10.8. The first-order chi connectivity index (χ1) is 18.1.